The Labute approximate surface area is 111 Å². The summed E-state index contributed by atoms with van der Waals surface area (Å²) in [5.74, 6) is 1.62. The summed E-state index contributed by atoms with van der Waals surface area (Å²) >= 11 is 6.12. The van der Waals surface area contributed by atoms with Gasteiger partial charge in [0, 0.05) is 18.6 Å². The predicted molar refractivity (Wildman–Crippen MR) is 74.1 cm³/mol. The van der Waals surface area contributed by atoms with Crippen LogP contribution in [0.25, 0.3) is 0 Å². The Morgan fingerprint density at radius 3 is 2.53 bits per heavy atom. The van der Waals surface area contributed by atoms with Crippen LogP contribution in [0.15, 0.2) is 24.4 Å². The zero-order valence-electron chi connectivity index (χ0n) is 11.3. The van der Waals surface area contributed by atoms with Crippen LogP contribution in [-0.4, -0.2) is 0 Å². The molecule has 17 heavy (non-hydrogen) atoms. The number of halogens is 1. The highest BCUT2D eigenvalue weighted by atomic mass is 35.5. The molecule has 0 radical (unpaired) electrons. The van der Waals surface area contributed by atoms with Gasteiger partial charge in [-0.2, -0.15) is 4.57 Å². The van der Waals surface area contributed by atoms with E-state index in [0.29, 0.717) is 0 Å². The first-order chi connectivity index (χ1) is 8.09. The Balaban J connectivity index is 2.24. The van der Waals surface area contributed by atoms with Crippen molar-refractivity contribution >= 4 is 11.6 Å². The van der Waals surface area contributed by atoms with Crippen LogP contribution in [-0.2, 0) is 6.54 Å². The Kier molecular flexibility index (Phi) is 6.57. The van der Waals surface area contributed by atoms with Gasteiger partial charge in [-0.05, 0) is 29.5 Å². The van der Waals surface area contributed by atoms with E-state index in [9.17, 15) is 0 Å². The van der Waals surface area contributed by atoms with Crippen LogP contribution in [0.5, 0.6) is 0 Å². The van der Waals surface area contributed by atoms with Crippen LogP contribution in [0.1, 0.15) is 46.5 Å². The summed E-state index contributed by atoms with van der Waals surface area (Å²) in [5.41, 5.74) is 0. The maximum atomic E-state index is 6.12. The van der Waals surface area contributed by atoms with Gasteiger partial charge in [0.1, 0.15) is 6.54 Å². The second-order valence-corrected chi connectivity index (χ2v) is 5.82. The lowest BCUT2D eigenvalue weighted by molar-refractivity contribution is -0.695. The normalized spacial score (nSPS) is 13.0. The van der Waals surface area contributed by atoms with Crippen molar-refractivity contribution in [2.45, 2.75) is 53.0 Å². The smallest absolute Gasteiger partial charge is 0.189 e. The van der Waals surface area contributed by atoms with Gasteiger partial charge in [0.05, 0.1) is 0 Å². The molecule has 0 amide bonds. The zero-order valence-corrected chi connectivity index (χ0v) is 12.1. The third-order valence-electron chi connectivity index (χ3n) is 3.23. The van der Waals surface area contributed by atoms with Crippen LogP contribution in [0.2, 0.25) is 5.15 Å². The zero-order chi connectivity index (χ0) is 12.7. The van der Waals surface area contributed by atoms with Crippen molar-refractivity contribution in [2.24, 2.45) is 11.8 Å². The van der Waals surface area contributed by atoms with Crippen LogP contribution < -0.4 is 4.57 Å². The molecule has 0 saturated heterocycles. The van der Waals surface area contributed by atoms with Crippen LogP contribution >= 0.6 is 11.6 Å². The van der Waals surface area contributed by atoms with E-state index in [0.717, 1.165) is 23.5 Å². The molecule has 1 aromatic heterocycles. The van der Waals surface area contributed by atoms with Gasteiger partial charge in [-0.1, -0.05) is 40.0 Å². The number of aryl methyl sites for hydroxylation is 1. The van der Waals surface area contributed by atoms with E-state index in [1.54, 1.807) is 0 Å². The Morgan fingerprint density at radius 2 is 1.88 bits per heavy atom. The fourth-order valence-corrected chi connectivity index (χ4v) is 2.23. The maximum absolute atomic E-state index is 6.12. The van der Waals surface area contributed by atoms with Crippen molar-refractivity contribution in [1.29, 1.82) is 0 Å². The lowest BCUT2D eigenvalue weighted by Crippen LogP contribution is -2.35. The molecule has 0 aliphatic heterocycles. The molecule has 0 fully saturated rings. The molecule has 0 spiro atoms. The SMILES string of the molecule is CC(C)CCCC(C)CC[n+]1ccccc1Cl. The Morgan fingerprint density at radius 1 is 1.12 bits per heavy atom. The van der Waals surface area contributed by atoms with Crippen molar-refractivity contribution < 1.29 is 4.57 Å². The first-order valence-electron chi connectivity index (χ1n) is 6.73. The largest absolute Gasteiger partial charge is 0.274 e. The minimum Gasteiger partial charge on any atom is -0.189 e. The average Bonchev–Trinajstić information content (AvgIpc) is 2.27. The molecule has 0 saturated carbocycles. The first kappa shape index (κ1) is 14.5. The molecule has 1 rings (SSSR count). The maximum Gasteiger partial charge on any atom is 0.274 e. The van der Waals surface area contributed by atoms with E-state index in [-0.39, 0.29) is 0 Å². The van der Waals surface area contributed by atoms with E-state index in [4.69, 9.17) is 11.6 Å². The number of hydrogen-bond donors (Lipinski definition) is 0. The third-order valence-corrected chi connectivity index (χ3v) is 3.57. The summed E-state index contributed by atoms with van der Waals surface area (Å²) in [6.45, 7) is 7.97. The number of hydrogen-bond acceptors (Lipinski definition) is 0. The van der Waals surface area contributed by atoms with Crippen LogP contribution in [0.4, 0.5) is 0 Å². The summed E-state index contributed by atoms with van der Waals surface area (Å²) in [7, 11) is 0. The van der Waals surface area contributed by atoms with E-state index >= 15 is 0 Å². The van der Waals surface area contributed by atoms with E-state index in [1.165, 1.54) is 25.7 Å². The first-order valence-corrected chi connectivity index (χ1v) is 7.11. The number of rotatable bonds is 7. The predicted octanol–water partition coefficient (Wildman–Crippen LogP) is 4.48. The molecule has 0 aliphatic rings. The molecule has 1 atom stereocenters. The summed E-state index contributed by atoms with van der Waals surface area (Å²) in [5, 5.41) is 0.835. The van der Waals surface area contributed by atoms with Gasteiger partial charge < -0.3 is 0 Å². The minimum atomic E-state index is 0.789. The summed E-state index contributed by atoms with van der Waals surface area (Å²) in [6.07, 6.45) is 7.31. The number of aromatic nitrogens is 1. The number of nitrogens with zero attached hydrogens (tertiary/aromatic N) is 1. The molecular weight excluding hydrogens is 230 g/mol. The molecule has 96 valence electrons. The summed E-state index contributed by atoms with van der Waals surface area (Å²) < 4.78 is 2.13. The van der Waals surface area contributed by atoms with Crippen molar-refractivity contribution in [3.63, 3.8) is 0 Å². The monoisotopic (exact) mass is 254 g/mol. The lowest BCUT2D eigenvalue weighted by Gasteiger charge is -2.10. The molecule has 1 unspecified atom stereocenters. The van der Waals surface area contributed by atoms with Crippen LogP contribution in [0, 0.1) is 11.8 Å². The Bertz CT molecular complexity index is 322. The standard InChI is InChI=1S/C15H25ClN/c1-13(2)7-6-8-14(3)10-12-17-11-5-4-9-15(17)16/h4-5,9,11,13-14H,6-8,10,12H2,1-3H3/q+1. The van der Waals surface area contributed by atoms with Crippen LogP contribution in [0.3, 0.4) is 0 Å². The van der Waals surface area contributed by atoms with Crippen molar-refractivity contribution in [2.75, 3.05) is 0 Å². The molecule has 1 heterocycles. The van der Waals surface area contributed by atoms with Gasteiger partial charge in [0.15, 0.2) is 6.20 Å². The van der Waals surface area contributed by atoms with E-state index in [2.05, 4.69) is 31.5 Å². The number of pyridine rings is 1. The van der Waals surface area contributed by atoms with Gasteiger partial charge in [0.25, 0.3) is 5.15 Å². The molecule has 1 nitrogen and oxygen atoms in total. The van der Waals surface area contributed by atoms with Gasteiger partial charge in [-0.3, -0.25) is 0 Å². The van der Waals surface area contributed by atoms with Gasteiger partial charge >= 0.3 is 0 Å². The van der Waals surface area contributed by atoms with Crippen molar-refractivity contribution in [3.05, 3.63) is 29.5 Å². The molecular formula is C15H25ClN+. The average molecular weight is 255 g/mol. The van der Waals surface area contributed by atoms with Gasteiger partial charge in [-0.25, -0.2) is 0 Å². The quantitative estimate of drug-likeness (QED) is 0.499. The van der Waals surface area contributed by atoms with E-state index in [1.807, 2.05) is 18.2 Å². The fraction of sp³-hybridized carbons (Fsp3) is 0.667. The second-order valence-electron chi connectivity index (χ2n) is 5.44. The molecule has 0 aromatic carbocycles. The highest BCUT2D eigenvalue weighted by molar-refractivity contribution is 6.28. The topological polar surface area (TPSA) is 3.88 Å². The van der Waals surface area contributed by atoms with E-state index < -0.39 is 0 Å². The van der Waals surface area contributed by atoms with Gasteiger partial charge in [-0.15, -0.1) is 0 Å². The van der Waals surface area contributed by atoms with Crippen molar-refractivity contribution in [3.8, 4) is 0 Å². The molecule has 0 N–H and O–H groups in total. The fourth-order valence-electron chi connectivity index (χ4n) is 2.02. The molecule has 0 aliphatic carbocycles. The molecule has 1 aromatic rings. The van der Waals surface area contributed by atoms with Gasteiger partial charge in [0.2, 0.25) is 0 Å². The molecule has 0 bridgehead atoms. The third kappa shape index (κ3) is 6.07. The lowest BCUT2D eigenvalue weighted by atomic mass is 9.97. The minimum absolute atomic E-state index is 0.789. The summed E-state index contributed by atoms with van der Waals surface area (Å²) in [6, 6.07) is 5.96. The van der Waals surface area contributed by atoms with Crippen molar-refractivity contribution in [1.82, 2.24) is 0 Å². The summed E-state index contributed by atoms with van der Waals surface area (Å²) in [4.78, 5) is 0. The molecule has 2 heteroatoms. The Hall–Kier alpha value is -0.560. The second kappa shape index (κ2) is 7.71. The highest BCUT2D eigenvalue weighted by Crippen LogP contribution is 2.15. The highest BCUT2D eigenvalue weighted by Gasteiger charge is 2.09.